The monoisotopic (exact) mass is 585 g/mol. The lowest BCUT2D eigenvalue weighted by Crippen LogP contribution is -2.47. The van der Waals surface area contributed by atoms with E-state index >= 15 is 0 Å². The molecule has 0 saturated heterocycles. The third-order valence-corrected chi connectivity index (χ3v) is 8.21. The van der Waals surface area contributed by atoms with E-state index in [9.17, 15) is 14.4 Å². The first-order valence-corrected chi connectivity index (χ1v) is 14.7. The number of fused-ring (bicyclic) bond motifs is 2. The molecule has 4 aromatic rings. The van der Waals surface area contributed by atoms with E-state index in [1.807, 2.05) is 49.6 Å². The van der Waals surface area contributed by atoms with Crippen LogP contribution in [0.2, 0.25) is 0 Å². The van der Waals surface area contributed by atoms with Crippen LogP contribution in [0.4, 0.5) is 11.4 Å². The zero-order valence-electron chi connectivity index (χ0n) is 25.5. The molecule has 5 rings (SSSR count). The molecule has 0 N–H and O–H groups in total. The van der Waals surface area contributed by atoms with Crippen LogP contribution in [0, 0.1) is 12.3 Å². The number of carbonyl (C=O) groups is 2. The van der Waals surface area contributed by atoms with Gasteiger partial charge in [0.1, 0.15) is 11.2 Å². The van der Waals surface area contributed by atoms with Crippen LogP contribution < -0.4 is 20.1 Å². The highest BCUT2D eigenvalue weighted by Gasteiger charge is 2.45. The van der Waals surface area contributed by atoms with Crippen molar-refractivity contribution in [3.05, 3.63) is 82.7 Å². The maximum atomic E-state index is 13.2. The van der Waals surface area contributed by atoms with Gasteiger partial charge in [-0.25, -0.2) is 0 Å². The molecule has 0 fully saturated rings. The number of anilines is 2. The number of ether oxygens (including phenoxy) is 1. The SMILES string of the molecule is CCN1C(=O)C(C)(C)C(=O)N(C)c2cc(OCCCN(CCn3ccc4ccoc4c3=O)Cc3cnccc3C)ccc21. The van der Waals surface area contributed by atoms with Gasteiger partial charge in [-0.3, -0.25) is 24.3 Å². The summed E-state index contributed by atoms with van der Waals surface area (Å²) in [6.45, 7) is 10.8. The van der Waals surface area contributed by atoms with Gasteiger partial charge in [0.15, 0.2) is 5.58 Å². The van der Waals surface area contributed by atoms with Crippen molar-refractivity contribution in [3.63, 3.8) is 0 Å². The van der Waals surface area contributed by atoms with Crippen molar-refractivity contribution in [2.75, 3.05) is 43.1 Å². The molecule has 43 heavy (non-hydrogen) atoms. The van der Waals surface area contributed by atoms with Crippen LogP contribution in [0.3, 0.4) is 0 Å². The van der Waals surface area contributed by atoms with Crippen LogP contribution in [-0.4, -0.2) is 59.6 Å². The standard InChI is InChI=1S/C33H39N5O5/c1-6-38-27-9-8-26(20-28(27)35(5)31(40)33(3,4)32(38)41)42-18-7-14-36(22-25-21-34-13-10-23(25)2)16-17-37-15-11-24-12-19-43-29(24)30(37)39/h8-13,15,19-21H,6-7,14,16-18,22H2,1-5H3. The van der Waals surface area contributed by atoms with Gasteiger partial charge < -0.3 is 23.5 Å². The normalized spacial score (nSPS) is 14.8. The minimum absolute atomic E-state index is 0.137. The van der Waals surface area contributed by atoms with Crippen LogP contribution >= 0.6 is 0 Å². The summed E-state index contributed by atoms with van der Waals surface area (Å²) < 4.78 is 13.2. The van der Waals surface area contributed by atoms with Gasteiger partial charge in [0.05, 0.1) is 24.2 Å². The molecule has 3 aromatic heterocycles. The van der Waals surface area contributed by atoms with Gasteiger partial charge in [-0.05, 0) is 75.6 Å². The molecule has 0 unspecified atom stereocenters. The molecular weight excluding hydrogens is 546 g/mol. The van der Waals surface area contributed by atoms with Gasteiger partial charge >= 0.3 is 0 Å². The number of nitrogens with zero attached hydrogens (tertiary/aromatic N) is 5. The Morgan fingerprint density at radius 3 is 2.60 bits per heavy atom. The topological polar surface area (TPSA) is 101 Å². The van der Waals surface area contributed by atoms with E-state index in [0.717, 1.165) is 29.5 Å². The highest BCUT2D eigenvalue weighted by molar-refractivity contribution is 6.20. The highest BCUT2D eigenvalue weighted by atomic mass is 16.5. The van der Waals surface area contributed by atoms with Crippen molar-refractivity contribution in [3.8, 4) is 5.75 Å². The van der Waals surface area contributed by atoms with E-state index in [1.54, 1.807) is 47.5 Å². The molecule has 4 heterocycles. The average Bonchev–Trinajstić information content (AvgIpc) is 3.48. The van der Waals surface area contributed by atoms with E-state index in [2.05, 4.69) is 16.8 Å². The summed E-state index contributed by atoms with van der Waals surface area (Å²) in [5.74, 6) is 0.169. The summed E-state index contributed by atoms with van der Waals surface area (Å²) in [4.78, 5) is 49.0. The fourth-order valence-corrected chi connectivity index (χ4v) is 5.54. The van der Waals surface area contributed by atoms with Gasteiger partial charge in [-0.1, -0.05) is 0 Å². The maximum Gasteiger partial charge on any atom is 0.294 e. The second-order valence-electron chi connectivity index (χ2n) is 11.5. The van der Waals surface area contributed by atoms with E-state index in [-0.39, 0.29) is 17.4 Å². The third kappa shape index (κ3) is 6.06. The van der Waals surface area contributed by atoms with Gasteiger partial charge in [0.2, 0.25) is 11.8 Å². The Morgan fingerprint density at radius 2 is 1.84 bits per heavy atom. The molecule has 10 nitrogen and oxygen atoms in total. The molecule has 0 spiro atoms. The number of pyridine rings is 2. The number of furan rings is 1. The Kier molecular flexibility index (Phi) is 8.68. The lowest BCUT2D eigenvalue weighted by molar-refractivity contribution is -0.137. The molecule has 10 heteroatoms. The molecule has 1 aliphatic rings. The zero-order valence-corrected chi connectivity index (χ0v) is 25.5. The predicted octanol–water partition coefficient (Wildman–Crippen LogP) is 4.62. The number of hydrogen-bond acceptors (Lipinski definition) is 7. The quantitative estimate of drug-likeness (QED) is 0.187. The first-order chi connectivity index (χ1) is 20.6. The third-order valence-electron chi connectivity index (χ3n) is 8.21. The Morgan fingerprint density at radius 1 is 1.02 bits per heavy atom. The summed E-state index contributed by atoms with van der Waals surface area (Å²) in [5.41, 5.74) is 2.72. The van der Waals surface area contributed by atoms with Crippen molar-refractivity contribution in [2.45, 2.75) is 47.2 Å². The largest absolute Gasteiger partial charge is 0.493 e. The van der Waals surface area contributed by atoms with Crippen molar-refractivity contribution in [2.24, 2.45) is 5.41 Å². The second kappa shape index (κ2) is 12.4. The Labute approximate surface area is 251 Å². The molecule has 0 radical (unpaired) electrons. The summed E-state index contributed by atoms with van der Waals surface area (Å²) in [5, 5.41) is 0.798. The van der Waals surface area contributed by atoms with Gasteiger partial charge in [-0.2, -0.15) is 0 Å². The summed E-state index contributed by atoms with van der Waals surface area (Å²) in [6, 6.07) is 11.2. The molecule has 0 saturated carbocycles. The van der Waals surface area contributed by atoms with Crippen molar-refractivity contribution in [1.82, 2.24) is 14.5 Å². The van der Waals surface area contributed by atoms with Crippen molar-refractivity contribution < 1.29 is 18.7 Å². The van der Waals surface area contributed by atoms with Crippen molar-refractivity contribution in [1.29, 1.82) is 0 Å². The van der Waals surface area contributed by atoms with E-state index in [0.29, 0.717) is 55.5 Å². The van der Waals surface area contributed by atoms with Gasteiger partial charge in [0, 0.05) is 69.8 Å². The number of aromatic nitrogens is 2. The number of rotatable bonds is 11. The van der Waals surface area contributed by atoms with E-state index in [1.165, 1.54) is 6.26 Å². The minimum atomic E-state index is -1.16. The van der Waals surface area contributed by atoms with Crippen LogP contribution in [-0.2, 0) is 22.7 Å². The minimum Gasteiger partial charge on any atom is -0.493 e. The zero-order chi connectivity index (χ0) is 30.7. The summed E-state index contributed by atoms with van der Waals surface area (Å²) in [6.07, 6.45) is 7.76. The molecule has 226 valence electrons. The molecular formula is C33H39N5O5. The average molecular weight is 586 g/mol. The fraction of sp³-hybridized carbons (Fsp3) is 0.394. The number of carbonyl (C=O) groups excluding carboxylic acids is 2. The van der Waals surface area contributed by atoms with E-state index < -0.39 is 5.41 Å². The van der Waals surface area contributed by atoms with Crippen LogP contribution in [0.25, 0.3) is 11.0 Å². The Bertz CT molecular complexity index is 1690. The molecule has 0 bridgehead atoms. The number of benzene rings is 1. The number of amides is 2. The molecule has 2 amide bonds. The molecule has 1 aromatic carbocycles. The first-order valence-electron chi connectivity index (χ1n) is 14.7. The second-order valence-corrected chi connectivity index (χ2v) is 11.5. The lowest BCUT2D eigenvalue weighted by Gasteiger charge is -2.27. The molecule has 0 aliphatic carbocycles. The molecule has 0 atom stereocenters. The summed E-state index contributed by atoms with van der Waals surface area (Å²) in [7, 11) is 1.70. The number of hydrogen-bond donors (Lipinski definition) is 0. The maximum absolute atomic E-state index is 13.2. The number of aryl methyl sites for hydroxylation is 1. The first kappa shape index (κ1) is 30.0. The summed E-state index contributed by atoms with van der Waals surface area (Å²) >= 11 is 0. The Balaban J connectivity index is 1.26. The van der Waals surface area contributed by atoms with Crippen LogP contribution in [0.15, 0.2) is 70.5 Å². The predicted molar refractivity (Wildman–Crippen MR) is 166 cm³/mol. The van der Waals surface area contributed by atoms with Crippen molar-refractivity contribution >= 4 is 34.2 Å². The fourth-order valence-electron chi connectivity index (χ4n) is 5.54. The highest BCUT2D eigenvalue weighted by Crippen LogP contribution is 2.40. The van der Waals surface area contributed by atoms with Gasteiger partial charge in [0.25, 0.3) is 5.56 Å². The Hall–Kier alpha value is -4.44. The van der Waals surface area contributed by atoms with E-state index in [4.69, 9.17) is 9.15 Å². The smallest absolute Gasteiger partial charge is 0.294 e. The van der Waals surface area contributed by atoms with Gasteiger partial charge in [-0.15, -0.1) is 0 Å². The van der Waals surface area contributed by atoms with Crippen LogP contribution in [0.5, 0.6) is 5.75 Å². The molecule has 1 aliphatic heterocycles. The lowest BCUT2D eigenvalue weighted by atomic mass is 9.90. The van der Waals surface area contributed by atoms with Crippen LogP contribution in [0.1, 0.15) is 38.3 Å².